The number of hydrogen-bond donors (Lipinski definition) is 3. The van der Waals surface area contributed by atoms with Gasteiger partial charge in [0.1, 0.15) is 0 Å². The Morgan fingerprint density at radius 2 is 1.89 bits per heavy atom. The summed E-state index contributed by atoms with van der Waals surface area (Å²) in [6.07, 6.45) is 2.39. The first kappa shape index (κ1) is 11.6. The van der Waals surface area contributed by atoms with Crippen LogP contribution < -0.4 is 0 Å². The molecular weight excluding hydrogens is 143 g/mol. The maximum absolute atomic E-state index is 8.74. The molecule has 0 rings (SSSR count). The van der Waals surface area contributed by atoms with Gasteiger partial charge in [0.2, 0.25) is 0 Å². The predicted molar refractivity (Wildman–Crippen MR) is 35.3 cm³/mol. The van der Waals surface area contributed by atoms with Crippen molar-refractivity contribution >= 4 is 8.25 Å². The Hall–Kier alpha value is -0.150. The number of aliphatic hydroxyl groups excluding tert-OH is 1. The van der Waals surface area contributed by atoms with Crippen LogP contribution in [0.25, 0.3) is 0 Å². The molecule has 56 valence electrons. The summed E-state index contributed by atoms with van der Waals surface area (Å²) in [7, 11) is -3.13. The van der Waals surface area contributed by atoms with E-state index in [1.54, 1.807) is 6.08 Å². The van der Waals surface area contributed by atoms with Gasteiger partial charge < -0.3 is 14.9 Å². The Morgan fingerprint density at radius 1 is 1.56 bits per heavy atom. The average molecular weight is 154 g/mol. The van der Waals surface area contributed by atoms with Crippen molar-refractivity contribution in [2.45, 2.75) is 6.42 Å². The smallest absolute Gasteiger partial charge is 0.314 e. The third kappa shape index (κ3) is 78.5. The van der Waals surface area contributed by atoms with Crippen molar-refractivity contribution in [1.29, 1.82) is 0 Å². The minimum Gasteiger partial charge on any atom is -0.396 e. The van der Waals surface area contributed by atoms with Gasteiger partial charge in [-0.05, 0) is 6.42 Å². The van der Waals surface area contributed by atoms with E-state index in [4.69, 9.17) is 19.5 Å². The van der Waals surface area contributed by atoms with Gasteiger partial charge in [0.25, 0.3) is 0 Å². The van der Waals surface area contributed by atoms with Crippen molar-refractivity contribution in [2.24, 2.45) is 0 Å². The van der Waals surface area contributed by atoms with E-state index in [0.717, 1.165) is 0 Å². The van der Waals surface area contributed by atoms with Crippen LogP contribution in [-0.2, 0) is 4.57 Å². The van der Waals surface area contributed by atoms with Gasteiger partial charge in [-0.25, -0.2) is 0 Å². The molecule has 0 aromatic heterocycles. The molecule has 0 aliphatic rings. The zero-order valence-electron chi connectivity index (χ0n) is 4.95. The largest absolute Gasteiger partial charge is 0.396 e. The van der Waals surface area contributed by atoms with Gasteiger partial charge in [0.05, 0.1) is 0 Å². The van der Waals surface area contributed by atoms with Crippen molar-refractivity contribution in [2.75, 3.05) is 6.61 Å². The summed E-state index contributed by atoms with van der Waals surface area (Å²) in [5.74, 6) is 0. The molecule has 0 saturated carbocycles. The van der Waals surface area contributed by atoms with Crippen LogP contribution in [-0.4, -0.2) is 21.5 Å². The molecule has 3 N–H and O–H groups in total. The Balaban J connectivity index is 0. The normalized spacial score (nSPS) is 8.00. The first-order chi connectivity index (χ1) is 4.15. The number of rotatable bonds is 2. The highest BCUT2D eigenvalue weighted by molar-refractivity contribution is 7.30. The van der Waals surface area contributed by atoms with Gasteiger partial charge in [-0.2, -0.15) is 0 Å². The maximum atomic E-state index is 8.74. The molecule has 0 saturated heterocycles. The molecule has 0 aliphatic heterocycles. The molecule has 0 aromatic carbocycles. The molecule has 0 heterocycles. The summed E-state index contributed by atoms with van der Waals surface area (Å²) < 4.78 is 8.74. The second-order valence-corrected chi connectivity index (χ2v) is 1.65. The summed E-state index contributed by atoms with van der Waals surface area (Å²) in [5, 5.41) is 8.00. The molecule has 0 amide bonds. The zero-order chi connectivity index (χ0) is 7.70. The third-order valence-electron chi connectivity index (χ3n) is 0.333. The van der Waals surface area contributed by atoms with E-state index in [1.807, 2.05) is 0 Å². The summed E-state index contributed by atoms with van der Waals surface area (Å²) in [5.41, 5.74) is 0. The van der Waals surface area contributed by atoms with Crippen molar-refractivity contribution in [3.05, 3.63) is 12.7 Å². The lowest BCUT2D eigenvalue weighted by atomic mass is 10.5. The molecule has 0 aliphatic carbocycles. The van der Waals surface area contributed by atoms with Crippen LogP contribution in [0.1, 0.15) is 6.42 Å². The van der Waals surface area contributed by atoms with Gasteiger partial charge in [0, 0.05) is 6.61 Å². The molecule has 4 nitrogen and oxygen atoms in total. The monoisotopic (exact) mass is 154 g/mol. The SMILES string of the molecule is C=CCCO.O=[PH](O)O. The molecule has 0 unspecified atom stereocenters. The second kappa shape index (κ2) is 10.8. The van der Waals surface area contributed by atoms with E-state index < -0.39 is 8.25 Å². The molecular formula is C4H11O4P. The first-order valence-electron chi connectivity index (χ1n) is 2.28. The summed E-state index contributed by atoms with van der Waals surface area (Å²) in [4.78, 5) is 14.3. The van der Waals surface area contributed by atoms with Crippen LogP contribution >= 0.6 is 8.25 Å². The molecule has 0 atom stereocenters. The Labute approximate surface area is 54.4 Å². The van der Waals surface area contributed by atoms with E-state index in [2.05, 4.69) is 6.58 Å². The van der Waals surface area contributed by atoms with Crippen LogP contribution in [0.4, 0.5) is 0 Å². The van der Waals surface area contributed by atoms with Crippen molar-refractivity contribution < 1.29 is 19.5 Å². The van der Waals surface area contributed by atoms with Gasteiger partial charge in [0.15, 0.2) is 0 Å². The summed E-state index contributed by atoms with van der Waals surface area (Å²) in [6, 6.07) is 0. The Bertz CT molecular complexity index is 78.6. The fraction of sp³-hybridized carbons (Fsp3) is 0.500. The average Bonchev–Trinajstić information content (AvgIpc) is 1.66. The number of aliphatic hydroxyl groups is 1. The highest BCUT2D eigenvalue weighted by Gasteiger charge is 1.62. The highest BCUT2D eigenvalue weighted by Crippen LogP contribution is 1.98. The molecule has 0 aromatic rings. The van der Waals surface area contributed by atoms with Crippen LogP contribution in [0.2, 0.25) is 0 Å². The molecule has 9 heavy (non-hydrogen) atoms. The van der Waals surface area contributed by atoms with Crippen LogP contribution in [0.15, 0.2) is 12.7 Å². The van der Waals surface area contributed by atoms with E-state index in [1.165, 1.54) is 0 Å². The first-order valence-corrected chi connectivity index (χ1v) is 3.59. The third-order valence-corrected chi connectivity index (χ3v) is 0.333. The van der Waals surface area contributed by atoms with Gasteiger partial charge in [-0.15, -0.1) is 6.58 Å². The zero-order valence-corrected chi connectivity index (χ0v) is 5.95. The van der Waals surface area contributed by atoms with Crippen LogP contribution in [0.5, 0.6) is 0 Å². The Morgan fingerprint density at radius 3 is 1.89 bits per heavy atom. The quantitative estimate of drug-likeness (QED) is 0.384. The maximum Gasteiger partial charge on any atom is 0.314 e. The topological polar surface area (TPSA) is 77.8 Å². The standard InChI is InChI=1S/C4H8O.H3O3P/c1-2-3-4-5;1-4(2)3/h2,5H,1,3-4H2;4H,(H2,1,2,3). The highest BCUT2D eigenvalue weighted by atomic mass is 31.1. The van der Waals surface area contributed by atoms with Crippen LogP contribution in [0.3, 0.4) is 0 Å². The lowest BCUT2D eigenvalue weighted by molar-refractivity contribution is 0.303. The van der Waals surface area contributed by atoms with Crippen molar-refractivity contribution in [3.8, 4) is 0 Å². The van der Waals surface area contributed by atoms with Gasteiger partial charge in [-0.1, -0.05) is 6.08 Å². The van der Waals surface area contributed by atoms with E-state index in [-0.39, 0.29) is 6.61 Å². The molecule has 0 radical (unpaired) electrons. The molecule has 5 heteroatoms. The molecule has 0 fully saturated rings. The van der Waals surface area contributed by atoms with Gasteiger partial charge >= 0.3 is 8.25 Å². The van der Waals surface area contributed by atoms with Crippen LogP contribution in [0, 0.1) is 0 Å². The fourth-order valence-corrected chi connectivity index (χ4v) is 0.0913. The Kier molecular flexibility index (Phi) is 13.9. The van der Waals surface area contributed by atoms with Crippen molar-refractivity contribution in [3.63, 3.8) is 0 Å². The minimum atomic E-state index is -3.13. The van der Waals surface area contributed by atoms with E-state index in [9.17, 15) is 0 Å². The summed E-state index contributed by atoms with van der Waals surface area (Å²) in [6.45, 7) is 3.62. The summed E-state index contributed by atoms with van der Waals surface area (Å²) >= 11 is 0. The lowest BCUT2D eigenvalue weighted by Crippen LogP contribution is -1.71. The minimum absolute atomic E-state index is 0.226. The van der Waals surface area contributed by atoms with Crippen molar-refractivity contribution in [1.82, 2.24) is 0 Å². The second-order valence-electron chi connectivity index (χ2n) is 1.08. The lowest BCUT2D eigenvalue weighted by Gasteiger charge is -1.73. The number of hydrogen-bond acceptors (Lipinski definition) is 2. The van der Waals surface area contributed by atoms with E-state index in [0.29, 0.717) is 6.42 Å². The van der Waals surface area contributed by atoms with E-state index >= 15 is 0 Å². The molecule has 0 bridgehead atoms. The fourth-order valence-electron chi connectivity index (χ4n) is 0.0913. The predicted octanol–water partition coefficient (Wildman–Crippen LogP) is -0.0845. The van der Waals surface area contributed by atoms with Gasteiger partial charge in [-0.3, -0.25) is 4.57 Å². The molecule has 0 spiro atoms.